The first-order valence-electron chi connectivity index (χ1n) is 9.01. The third-order valence-electron chi connectivity index (χ3n) is 4.79. The summed E-state index contributed by atoms with van der Waals surface area (Å²) in [4.78, 5) is 16.9. The van der Waals surface area contributed by atoms with Crippen LogP contribution in [0.2, 0.25) is 0 Å². The number of hydrogen-bond acceptors (Lipinski definition) is 5. The largest absolute Gasteiger partial charge is 0.508 e. The molecule has 1 saturated heterocycles. The van der Waals surface area contributed by atoms with Gasteiger partial charge in [-0.15, -0.1) is 0 Å². The number of aromatic hydroxyl groups is 1. The molecule has 2 heterocycles. The maximum atomic E-state index is 12.7. The Bertz CT molecular complexity index is 898. The summed E-state index contributed by atoms with van der Waals surface area (Å²) >= 11 is 0. The second-order valence-corrected chi connectivity index (χ2v) is 6.68. The van der Waals surface area contributed by atoms with Gasteiger partial charge in [0, 0.05) is 44.4 Å². The Labute approximate surface area is 157 Å². The molecule has 1 aromatic heterocycles. The van der Waals surface area contributed by atoms with Gasteiger partial charge in [-0.2, -0.15) is 0 Å². The van der Waals surface area contributed by atoms with Gasteiger partial charge in [0.25, 0.3) is 5.91 Å². The van der Waals surface area contributed by atoms with Crippen LogP contribution in [0.3, 0.4) is 0 Å². The molecule has 0 spiro atoms. The van der Waals surface area contributed by atoms with Crippen LogP contribution in [0.1, 0.15) is 16.1 Å². The Morgan fingerprint density at radius 2 is 1.70 bits per heavy atom. The lowest BCUT2D eigenvalue weighted by molar-refractivity contribution is 0.0618. The highest BCUT2D eigenvalue weighted by Crippen LogP contribution is 2.23. The fourth-order valence-electron chi connectivity index (χ4n) is 3.25. The molecule has 1 amide bonds. The molecule has 3 aromatic rings. The van der Waals surface area contributed by atoms with Gasteiger partial charge in [0.1, 0.15) is 5.75 Å². The number of amides is 1. The minimum atomic E-state index is -0.108. The van der Waals surface area contributed by atoms with Crippen molar-refractivity contribution >= 4 is 5.91 Å². The molecule has 27 heavy (non-hydrogen) atoms. The third kappa shape index (κ3) is 4.01. The summed E-state index contributed by atoms with van der Waals surface area (Å²) in [7, 11) is 0. The number of aromatic nitrogens is 1. The van der Waals surface area contributed by atoms with Gasteiger partial charge in [-0.25, -0.2) is 0 Å². The molecule has 4 rings (SSSR count). The summed E-state index contributed by atoms with van der Waals surface area (Å²) in [5.74, 6) is 0.590. The van der Waals surface area contributed by atoms with E-state index in [1.807, 2.05) is 23.1 Å². The molecule has 0 atom stereocenters. The van der Waals surface area contributed by atoms with Crippen molar-refractivity contribution in [3.8, 4) is 17.1 Å². The molecular formula is C21H21N3O3. The van der Waals surface area contributed by atoms with Gasteiger partial charge in [0.15, 0.2) is 11.5 Å². The number of phenolic OH excluding ortho intramolecular Hbond substituents is 1. The van der Waals surface area contributed by atoms with Crippen LogP contribution in [0.25, 0.3) is 11.3 Å². The van der Waals surface area contributed by atoms with Crippen LogP contribution in [0, 0.1) is 0 Å². The van der Waals surface area contributed by atoms with Crippen molar-refractivity contribution in [3.63, 3.8) is 0 Å². The zero-order chi connectivity index (χ0) is 18.6. The van der Waals surface area contributed by atoms with Crippen LogP contribution in [0.15, 0.2) is 65.2 Å². The second-order valence-electron chi connectivity index (χ2n) is 6.68. The zero-order valence-electron chi connectivity index (χ0n) is 14.9. The van der Waals surface area contributed by atoms with E-state index in [4.69, 9.17) is 4.52 Å². The van der Waals surface area contributed by atoms with Crippen molar-refractivity contribution in [2.75, 3.05) is 26.2 Å². The lowest BCUT2D eigenvalue weighted by Gasteiger charge is -2.34. The Morgan fingerprint density at radius 1 is 1.00 bits per heavy atom. The Kier molecular flexibility index (Phi) is 4.89. The Hall–Kier alpha value is -3.12. The average molecular weight is 363 g/mol. The number of rotatable bonds is 4. The summed E-state index contributed by atoms with van der Waals surface area (Å²) in [6.07, 6.45) is 0. The Morgan fingerprint density at radius 3 is 2.41 bits per heavy atom. The number of nitrogens with zero attached hydrogens (tertiary/aromatic N) is 3. The molecule has 6 nitrogen and oxygen atoms in total. The number of carbonyl (C=O) groups excluding carboxylic acids is 1. The van der Waals surface area contributed by atoms with Crippen molar-refractivity contribution in [1.29, 1.82) is 0 Å². The van der Waals surface area contributed by atoms with E-state index in [2.05, 4.69) is 22.2 Å². The molecule has 2 aromatic carbocycles. The van der Waals surface area contributed by atoms with Crippen molar-refractivity contribution in [3.05, 3.63) is 71.9 Å². The van der Waals surface area contributed by atoms with Gasteiger partial charge in [-0.3, -0.25) is 9.69 Å². The first-order chi connectivity index (χ1) is 13.2. The molecule has 1 aliphatic rings. The van der Waals surface area contributed by atoms with E-state index in [1.165, 1.54) is 5.56 Å². The summed E-state index contributed by atoms with van der Waals surface area (Å²) in [5, 5.41) is 13.3. The molecule has 0 unspecified atom stereocenters. The number of hydrogen-bond donors (Lipinski definition) is 1. The smallest absolute Gasteiger partial charge is 0.276 e. The maximum Gasteiger partial charge on any atom is 0.276 e. The van der Waals surface area contributed by atoms with Crippen LogP contribution in [-0.4, -0.2) is 52.1 Å². The molecule has 138 valence electrons. The third-order valence-corrected chi connectivity index (χ3v) is 4.79. The van der Waals surface area contributed by atoms with Crippen LogP contribution in [0.5, 0.6) is 5.75 Å². The van der Waals surface area contributed by atoms with Gasteiger partial charge in [0.2, 0.25) is 0 Å². The van der Waals surface area contributed by atoms with Gasteiger partial charge < -0.3 is 14.5 Å². The molecule has 0 aliphatic carbocycles. The fourth-order valence-corrected chi connectivity index (χ4v) is 3.25. The minimum absolute atomic E-state index is 0.108. The van der Waals surface area contributed by atoms with Crippen molar-refractivity contribution in [2.45, 2.75) is 6.54 Å². The highest BCUT2D eigenvalue weighted by molar-refractivity contribution is 5.93. The number of phenols is 1. The van der Waals surface area contributed by atoms with Crippen molar-refractivity contribution in [2.24, 2.45) is 0 Å². The molecule has 1 N–H and O–H groups in total. The van der Waals surface area contributed by atoms with Gasteiger partial charge >= 0.3 is 0 Å². The molecular weight excluding hydrogens is 342 g/mol. The van der Waals surface area contributed by atoms with E-state index in [0.29, 0.717) is 24.5 Å². The summed E-state index contributed by atoms with van der Waals surface area (Å²) in [6, 6.07) is 18.6. The maximum absolute atomic E-state index is 12.7. The predicted octanol–water partition coefficient (Wildman–Crippen LogP) is 3.01. The van der Waals surface area contributed by atoms with E-state index in [-0.39, 0.29) is 11.7 Å². The van der Waals surface area contributed by atoms with Gasteiger partial charge in [-0.05, 0) is 29.8 Å². The highest BCUT2D eigenvalue weighted by atomic mass is 16.5. The monoisotopic (exact) mass is 363 g/mol. The van der Waals surface area contributed by atoms with E-state index in [0.717, 1.165) is 25.2 Å². The van der Waals surface area contributed by atoms with Crippen molar-refractivity contribution < 1.29 is 14.4 Å². The van der Waals surface area contributed by atoms with E-state index in [1.54, 1.807) is 30.3 Å². The lowest BCUT2D eigenvalue weighted by Crippen LogP contribution is -2.48. The first kappa shape index (κ1) is 17.3. The SMILES string of the molecule is O=C(c1cc(-c2ccc(O)cc2)on1)N1CCN(Cc2ccccc2)CC1. The molecule has 1 aliphatic heterocycles. The molecule has 0 radical (unpaired) electrons. The lowest BCUT2D eigenvalue weighted by atomic mass is 10.1. The van der Waals surface area contributed by atoms with Crippen molar-refractivity contribution in [1.82, 2.24) is 15.0 Å². The standard InChI is InChI=1S/C21H21N3O3/c25-18-8-6-17(7-9-18)20-14-19(22-27-20)21(26)24-12-10-23(11-13-24)15-16-4-2-1-3-5-16/h1-9,14,25H,10-13,15H2. The van der Waals surface area contributed by atoms with Crippen LogP contribution in [0.4, 0.5) is 0 Å². The first-order valence-corrected chi connectivity index (χ1v) is 9.01. The van der Waals surface area contributed by atoms with E-state index in [9.17, 15) is 9.90 Å². The molecule has 6 heteroatoms. The fraction of sp³-hybridized carbons (Fsp3) is 0.238. The summed E-state index contributed by atoms with van der Waals surface area (Å²) < 4.78 is 5.31. The quantitative estimate of drug-likeness (QED) is 0.772. The van der Waals surface area contributed by atoms with Crippen LogP contribution >= 0.6 is 0 Å². The van der Waals surface area contributed by atoms with E-state index < -0.39 is 0 Å². The summed E-state index contributed by atoms with van der Waals surface area (Å²) in [5.41, 5.74) is 2.37. The molecule has 0 bridgehead atoms. The van der Waals surface area contributed by atoms with Crippen LogP contribution < -0.4 is 0 Å². The van der Waals surface area contributed by atoms with Gasteiger partial charge in [-0.1, -0.05) is 35.5 Å². The number of benzene rings is 2. The van der Waals surface area contributed by atoms with E-state index >= 15 is 0 Å². The molecule has 1 fully saturated rings. The number of carbonyl (C=O) groups is 1. The highest BCUT2D eigenvalue weighted by Gasteiger charge is 2.24. The summed E-state index contributed by atoms with van der Waals surface area (Å²) in [6.45, 7) is 3.92. The average Bonchev–Trinajstić information content (AvgIpc) is 3.20. The molecule has 0 saturated carbocycles. The number of piperazine rings is 1. The minimum Gasteiger partial charge on any atom is -0.508 e. The Balaban J connectivity index is 1.36. The van der Waals surface area contributed by atoms with Crippen LogP contribution in [-0.2, 0) is 6.54 Å². The predicted molar refractivity (Wildman–Crippen MR) is 101 cm³/mol. The second kappa shape index (κ2) is 7.63. The topological polar surface area (TPSA) is 69.8 Å². The normalized spacial score (nSPS) is 15.0. The van der Waals surface area contributed by atoms with Gasteiger partial charge in [0.05, 0.1) is 0 Å². The zero-order valence-corrected chi connectivity index (χ0v) is 14.9.